The molecule has 2 aromatic rings. The van der Waals surface area contributed by atoms with Crippen LogP contribution in [-0.4, -0.2) is 31.2 Å². The molecule has 1 aromatic heterocycles. The summed E-state index contributed by atoms with van der Waals surface area (Å²) in [6.45, 7) is 1.29. The molecule has 1 amide bonds. The lowest BCUT2D eigenvalue weighted by Gasteiger charge is -2.07. The summed E-state index contributed by atoms with van der Waals surface area (Å²) < 4.78 is 4.94. The Morgan fingerprint density at radius 3 is 2.81 bits per heavy atom. The van der Waals surface area contributed by atoms with E-state index in [0.29, 0.717) is 29.6 Å². The maximum absolute atomic E-state index is 12.0. The van der Waals surface area contributed by atoms with Crippen molar-refractivity contribution < 1.29 is 9.53 Å². The molecule has 0 atom stereocenters. The summed E-state index contributed by atoms with van der Waals surface area (Å²) in [5.74, 6) is -0.277. The van der Waals surface area contributed by atoms with Gasteiger partial charge in [0, 0.05) is 24.4 Å². The van der Waals surface area contributed by atoms with E-state index in [1.807, 2.05) is 0 Å². The highest BCUT2D eigenvalue weighted by atomic mass is 35.5. The number of aromatic nitrogens is 1. The van der Waals surface area contributed by atoms with E-state index in [9.17, 15) is 4.79 Å². The number of rotatable bonds is 6. The van der Waals surface area contributed by atoms with E-state index < -0.39 is 0 Å². The highest BCUT2D eigenvalue weighted by Crippen LogP contribution is 2.16. The number of anilines is 2. The van der Waals surface area contributed by atoms with E-state index in [-0.39, 0.29) is 5.91 Å². The molecule has 0 aliphatic heterocycles. The molecule has 0 aliphatic rings. The van der Waals surface area contributed by atoms with Gasteiger partial charge in [0.25, 0.3) is 5.91 Å². The standard InChI is InChI=1S/C15H16ClN3O2/c1-21-8-7-17-13-5-6-14(18-10-13)15(20)19-12-4-2-3-11(16)9-12/h2-6,9-10,17H,7-8H2,1H3,(H,19,20). The van der Waals surface area contributed by atoms with Crippen LogP contribution in [-0.2, 0) is 4.74 Å². The molecule has 1 heterocycles. The van der Waals surface area contributed by atoms with Crippen LogP contribution in [0.15, 0.2) is 42.6 Å². The third-order valence-corrected chi connectivity index (χ3v) is 2.95. The number of hydrogen-bond donors (Lipinski definition) is 2. The van der Waals surface area contributed by atoms with Crippen molar-refractivity contribution in [1.29, 1.82) is 0 Å². The van der Waals surface area contributed by atoms with Gasteiger partial charge in [-0.15, -0.1) is 0 Å². The van der Waals surface area contributed by atoms with Gasteiger partial charge in [0.05, 0.1) is 18.5 Å². The molecule has 2 N–H and O–H groups in total. The number of amides is 1. The van der Waals surface area contributed by atoms with Crippen LogP contribution in [0.2, 0.25) is 5.02 Å². The van der Waals surface area contributed by atoms with Gasteiger partial charge in [-0.1, -0.05) is 17.7 Å². The number of carbonyl (C=O) groups excluding carboxylic acids is 1. The molecular formula is C15H16ClN3O2. The summed E-state index contributed by atoms with van der Waals surface area (Å²) >= 11 is 5.87. The minimum absolute atomic E-state index is 0.277. The Bertz CT molecular complexity index is 602. The van der Waals surface area contributed by atoms with Gasteiger partial charge in [0.1, 0.15) is 5.69 Å². The van der Waals surface area contributed by atoms with Crippen LogP contribution in [0.4, 0.5) is 11.4 Å². The van der Waals surface area contributed by atoms with Gasteiger partial charge in [-0.25, -0.2) is 4.98 Å². The summed E-state index contributed by atoms with van der Waals surface area (Å²) in [4.78, 5) is 16.2. The summed E-state index contributed by atoms with van der Waals surface area (Å²) in [6.07, 6.45) is 1.61. The lowest BCUT2D eigenvalue weighted by Crippen LogP contribution is -2.14. The zero-order chi connectivity index (χ0) is 15.1. The van der Waals surface area contributed by atoms with Crippen molar-refractivity contribution in [3.8, 4) is 0 Å². The maximum Gasteiger partial charge on any atom is 0.274 e. The number of nitrogens with one attached hydrogen (secondary N) is 2. The molecule has 21 heavy (non-hydrogen) atoms. The van der Waals surface area contributed by atoms with Crippen LogP contribution in [0, 0.1) is 0 Å². The second-order valence-electron chi connectivity index (χ2n) is 4.32. The maximum atomic E-state index is 12.0. The molecule has 5 nitrogen and oxygen atoms in total. The highest BCUT2D eigenvalue weighted by Gasteiger charge is 2.07. The molecule has 0 fully saturated rings. The first-order valence-corrected chi connectivity index (χ1v) is 6.82. The Balaban J connectivity index is 1.96. The van der Waals surface area contributed by atoms with Gasteiger partial charge in [-0.3, -0.25) is 4.79 Å². The zero-order valence-corrected chi connectivity index (χ0v) is 12.4. The average Bonchev–Trinajstić information content (AvgIpc) is 2.48. The van der Waals surface area contributed by atoms with Gasteiger partial charge in [-0.05, 0) is 30.3 Å². The third-order valence-electron chi connectivity index (χ3n) is 2.71. The average molecular weight is 306 g/mol. The number of halogens is 1. The molecule has 0 radical (unpaired) electrons. The molecular weight excluding hydrogens is 290 g/mol. The fourth-order valence-electron chi connectivity index (χ4n) is 1.69. The summed E-state index contributed by atoms with van der Waals surface area (Å²) in [5.41, 5.74) is 1.82. The lowest BCUT2D eigenvalue weighted by molar-refractivity contribution is 0.102. The number of carbonyl (C=O) groups is 1. The second-order valence-corrected chi connectivity index (χ2v) is 4.75. The lowest BCUT2D eigenvalue weighted by atomic mass is 10.3. The topological polar surface area (TPSA) is 63.2 Å². The summed E-state index contributed by atoms with van der Waals surface area (Å²) in [6, 6.07) is 10.4. The summed E-state index contributed by atoms with van der Waals surface area (Å²) in [5, 5.41) is 6.44. The van der Waals surface area contributed by atoms with Crippen LogP contribution in [0.1, 0.15) is 10.5 Å². The number of nitrogens with zero attached hydrogens (tertiary/aromatic N) is 1. The first-order chi connectivity index (χ1) is 10.2. The van der Waals surface area contributed by atoms with Crippen molar-refractivity contribution in [3.63, 3.8) is 0 Å². The van der Waals surface area contributed by atoms with Gasteiger partial charge in [0.2, 0.25) is 0 Å². The zero-order valence-electron chi connectivity index (χ0n) is 11.6. The fraction of sp³-hybridized carbons (Fsp3) is 0.200. The minimum Gasteiger partial charge on any atom is -0.383 e. The first-order valence-electron chi connectivity index (χ1n) is 6.45. The van der Waals surface area contributed by atoms with E-state index in [1.54, 1.807) is 49.7 Å². The smallest absolute Gasteiger partial charge is 0.274 e. The van der Waals surface area contributed by atoms with Gasteiger partial charge in [0.15, 0.2) is 0 Å². The van der Waals surface area contributed by atoms with E-state index in [0.717, 1.165) is 5.69 Å². The number of pyridine rings is 1. The fourth-order valence-corrected chi connectivity index (χ4v) is 1.88. The molecule has 1 aromatic carbocycles. The largest absolute Gasteiger partial charge is 0.383 e. The Morgan fingerprint density at radius 2 is 2.14 bits per heavy atom. The molecule has 0 saturated heterocycles. The number of hydrogen-bond acceptors (Lipinski definition) is 4. The number of ether oxygens (including phenoxy) is 1. The quantitative estimate of drug-likeness (QED) is 0.805. The first kappa shape index (κ1) is 15.3. The molecule has 0 spiro atoms. The van der Waals surface area contributed by atoms with Crippen LogP contribution in [0.3, 0.4) is 0 Å². The van der Waals surface area contributed by atoms with Crippen LogP contribution in [0.5, 0.6) is 0 Å². The summed E-state index contributed by atoms with van der Waals surface area (Å²) in [7, 11) is 1.64. The van der Waals surface area contributed by atoms with Crippen molar-refractivity contribution in [2.24, 2.45) is 0 Å². The predicted octanol–water partition coefficient (Wildman–Crippen LogP) is 3.05. The Morgan fingerprint density at radius 1 is 1.29 bits per heavy atom. The van der Waals surface area contributed by atoms with Crippen molar-refractivity contribution in [3.05, 3.63) is 53.3 Å². The Kier molecular flexibility index (Phi) is 5.54. The van der Waals surface area contributed by atoms with Crippen molar-refractivity contribution >= 4 is 28.9 Å². The van der Waals surface area contributed by atoms with Crippen LogP contribution in [0.25, 0.3) is 0 Å². The highest BCUT2D eigenvalue weighted by molar-refractivity contribution is 6.30. The van der Waals surface area contributed by atoms with Crippen molar-refractivity contribution in [2.75, 3.05) is 30.9 Å². The molecule has 0 aliphatic carbocycles. The molecule has 2 rings (SSSR count). The van der Waals surface area contributed by atoms with Gasteiger partial charge in [-0.2, -0.15) is 0 Å². The SMILES string of the molecule is COCCNc1ccc(C(=O)Nc2cccc(Cl)c2)nc1. The Labute approximate surface area is 128 Å². The normalized spacial score (nSPS) is 10.2. The van der Waals surface area contributed by atoms with Crippen molar-refractivity contribution in [1.82, 2.24) is 4.98 Å². The number of benzene rings is 1. The Hall–Kier alpha value is -2.11. The molecule has 0 saturated carbocycles. The monoisotopic (exact) mass is 305 g/mol. The van der Waals surface area contributed by atoms with Gasteiger partial charge < -0.3 is 15.4 Å². The van der Waals surface area contributed by atoms with E-state index in [4.69, 9.17) is 16.3 Å². The molecule has 6 heteroatoms. The molecule has 0 unspecified atom stereocenters. The number of methoxy groups -OCH3 is 1. The third kappa shape index (κ3) is 4.73. The molecule has 110 valence electrons. The van der Waals surface area contributed by atoms with E-state index in [2.05, 4.69) is 15.6 Å². The minimum atomic E-state index is -0.277. The van der Waals surface area contributed by atoms with Crippen LogP contribution >= 0.6 is 11.6 Å². The van der Waals surface area contributed by atoms with Crippen molar-refractivity contribution in [2.45, 2.75) is 0 Å². The van der Waals surface area contributed by atoms with Gasteiger partial charge >= 0.3 is 0 Å². The van der Waals surface area contributed by atoms with Crippen LogP contribution < -0.4 is 10.6 Å². The van der Waals surface area contributed by atoms with E-state index in [1.165, 1.54) is 0 Å². The van der Waals surface area contributed by atoms with E-state index >= 15 is 0 Å². The predicted molar refractivity (Wildman–Crippen MR) is 84.0 cm³/mol. The molecule has 0 bridgehead atoms. The second kappa shape index (κ2) is 7.61.